The fourth-order valence-electron chi connectivity index (χ4n) is 0.803. The number of carbonyl (C=O) groups excluding carboxylic acids is 1. The Hall–Kier alpha value is -1.36. The molecule has 0 fully saturated rings. The molecule has 0 bridgehead atoms. The van der Waals surface area contributed by atoms with Crippen molar-refractivity contribution in [1.82, 2.24) is 10.2 Å². The Labute approximate surface area is 69.4 Å². The second-order valence-corrected chi connectivity index (χ2v) is 2.31. The van der Waals surface area contributed by atoms with Gasteiger partial charge in [-0.25, -0.2) is 0 Å². The van der Waals surface area contributed by atoms with Crippen LogP contribution in [0.15, 0.2) is 12.3 Å². The number of nitrogens with zero attached hydrogens (tertiary/aromatic N) is 1. The van der Waals surface area contributed by atoms with E-state index in [1.54, 1.807) is 6.07 Å². The van der Waals surface area contributed by atoms with Gasteiger partial charge in [-0.1, -0.05) is 0 Å². The largest absolute Gasteiger partial charge is 0.469 e. The lowest BCUT2D eigenvalue weighted by atomic mass is 10.2. The van der Waals surface area contributed by atoms with Gasteiger partial charge in [0.2, 0.25) is 0 Å². The number of aromatic nitrogens is 2. The van der Waals surface area contributed by atoms with Gasteiger partial charge in [-0.3, -0.25) is 9.89 Å². The van der Waals surface area contributed by atoms with Gasteiger partial charge in [-0.2, -0.15) is 5.10 Å². The molecule has 1 aromatic heterocycles. The highest BCUT2D eigenvalue weighted by Gasteiger charge is 2.13. The van der Waals surface area contributed by atoms with Crippen LogP contribution in [0.2, 0.25) is 0 Å². The van der Waals surface area contributed by atoms with Crippen LogP contribution in [-0.4, -0.2) is 28.4 Å². The van der Waals surface area contributed by atoms with E-state index in [-0.39, 0.29) is 6.42 Å². The first-order valence-corrected chi connectivity index (χ1v) is 3.48. The molecule has 5 heteroatoms. The molecular weight excluding hydrogens is 160 g/mol. The molecule has 1 heterocycles. The van der Waals surface area contributed by atoms with Crippen LogP contribution in [0.5, 0.6) is 0 Å². The highest BCUT2D eigenvalue weighted by Crippen LogP contribution is 2.12. The summed E-state index contributed by atoms with van der Waals surface area (Å²) < 4.78 is 4.39. The van der Waals surface area contributed by atoms with Crippen molar-refractivity contribution in [3.05, 3.63) is 18.0 Å². The second-order valence-electron chi connectivity index (χ2n) is 2.31. The summed E-state index contributed by atoms with van der Waals surface area (Å²) in [4.78, 5) is 10.7. The number of esters is 1. The van der Waals surface area contributed by atoms with Crippen molar-refractivity contribution in [3.8, 4) is 0 Å². The molecule has 0 saturated heterocycles. The lowest BCUT2D eigenvalue weighted by Crippen LogP contribution is -2.08. The average molecular weight is 170 g/mol. The number of aromatic amines is 1. The Morgan fingerprint density at radius 1 is 1.92 bits per heavy atom. The zero-order chi connectivity index (χ0) is 8.97. The molecule has 1 aromatic rings. The van der Waals surface area contributed by atoms with Crippen LogP contribution in [0.25, 0.3) is 0 Å². The first kappa shape index (κ1) is 8.73. The van der Waals surface area contributed by atoms with Gasteiger partial charge in [0.25, 0.3) is 0 Å². The zero-order valence-electron chi connectivity index (χ0n) is 6.65. The Balaban J connectivity index is 2.49. The van der Waals surface area contributed by atoms with E-state index >= 15 is 0 Å². The normalized spacial score (nSPS) is 12.5. The van der Waals surface area contributed by atoms with Crippen molar-refractivity contribution in [1.29, 1.82) is 0 Å². The Kier molecular flexibility index (Phi) is 2.82. The minimum Gasteiger partial charge on any atom is -0.469 e. The van der Waals surface area contributed by atoms with Crippen LogP contribution in [0.3, 0.4) is 0 Å². The molecule has 12 heavy (non-hydrogen) atoms. The summed E-state index contributed by atoms with van der Waals surface area (Å²) in [6, 6.07) is 1.60. The summed E-state index contributed by atoms with van der Waals surface area (Å²) in [6.45, 7) is 0. The third kappa shape index (κ3) is 2.06. The van der Waals surface area contributed by atoms with Crippen molar-refractivity contribution in [2.24, 2.45) is 0 Å². The van der Waals surface area contributed by atoms with E-state index in [9.17, 15) is 9.90 Å². The lowest BCUT2D eigenvalue weighted by molar-refractivity contribution is -0.142. The fourth-order valence-corrected chi connectivity index (χ4v) is 0.803. The summed E-state index contributed by atoms with van der Waals surface area (Å²) in [5.74, 6) is -0.447. The van der Waals surface area contributed by atoms with Gasteiger partial charge in [-0.15, -0.1) is 0 Å². The molecule has 0 aromatic carbocycles. The maximum atomic E-state index is 10.7. The molecule has 1 atom stereocenters. The monoisotopic (exact) mass is 170 g/mol. The maximum absolute atomic E-state index is 10.7. The molecule has 0 unspecified atom stereocenters. The topological polar surface area (TPSA) is 75.2 Å². The molecule has 0 aliphatic heterocycles. The molecule has 0 amide bonds. The highest BCUT2D eigenvalue weighted by atomic mass is 16.5. The van der Waals surface area contributed by atoms with E-state index in [1.807, 2.05) is 0 Å². The van der Waals surface area contributed by atoms with Gasteiger partial charge in [0.05, 0.1) is 19.2 Å². The molecular formula is C7H10N2O3. The summed E-state index contributed by atoms with van der Waals surface area (Å²) >= 11 is 0. The number of aliphatic hydroxyl groups excluding tert-OH is 1. The van der Waals surface area contributed by atoms with Crippen LogP contribution in [-0.2, 0) is 9.53 Å². The number of carbonyl (C=O) groups is 1. The van der Waals surface area contributed by atoms with Gasteiger partial charge < -0.3 is 9.84 Å². The SMILES string of the molecule is COC(=O)C[C@H](O)c1ccn[nH]1. The average Bonchev–Trinajstić information content (AvgIpc) is 2.56. The van der Waals surface area contributed by atoms with Gasteiger partial charge in [0.15, 0.2) is 0 Å². The van der Waals surface area contributed by atoms with E-state index in [0.29, 0.717) is 5.69 Å². The van der Waals surface area contributed by atoms with Gasteiger partial charge >= 0.3 is 5.97 Å². The van der Waals surface area contributed by atoms with E-state index in [1.165, 1.54) is 13.3 Å². The molecule has 0 aliphatic rings. The fraction of sp³-hybridized carbons (Fsp3) is 0.429. The van der Waals surface area contributed by atoms with E-state index in [4.69, 9.17) is 0 Å². The van der Waals surface area contributed by atoms with Crippen molar-refractivity contribution in [2.45, 2.75) is 12.5 Å². The predicted molar refractivity (Wildman–Crippen MR) is 40.2 cm³/mol. The first-order valence-electron chi connectivity index (χ1n) is 3.48. The number of aliphatic hydroxyl groups is 1. The number of hydrogen-bond donors (Lipinski definition) is 2. The Morgan fingerprint density at radius 3 is 3.17 bits per heavy atom. The van der Waals surface area contributed by atoms with Crippen LogP contribution in [0.1, 0.15) is 18.2 Å². The molecule has 0 spiro atoms. The van der Waals surface area contributed by atoms with Crippen molar-refractivity contribution in [3.63, 3.8) is 0 Å². The van der Waals surface area contributed by atoms with Crippen molar-refractivity contribution < 1.29 is 14.6 Å². The van der Waals surface area contributed by atoms with E-state index in [0.717, 1.165) is 0 Å². The molecule has 0 aliphatic carbocycles. The standard InChI is InChI=1S/C7H10N2O3/c1-12-7(11)4-6(10)5-2-3-8-9-5/h2-3,6,10H,4H2,1H3,(H,8,9)/t6-/m0/s1. The van der Waals surface area contributed by atoms with Crippen molar-refractivity contribution in [2.75, 3.05) is 7.11 Å². The number of nitrogens with one attached hydrogen (secondary N) is 1. The molecule has 1 rings (SSSR count). The number of H-pyrrole nitrogens is 1. The molecule has 5 nitrogen and oxygen atoms in total. The predicted octanol–water partition coefficient (Wildman–Crippen LogP) is 0.00620. The zero-order valence-corrected chi connectivity index (χ0v) is 6.65. The summed E-state index contributed by atoms with van der Waals surface area (Å²) in [5, 5.41) is 15.5. The Bertz CT molecular complexity index is 245. The Morgan fingerprint density at radius 2 is 2.67 bits per heavy atom. The van der Waals surface area contributed by atoms with Crippen LogP contribution in [0, 0.1) is 0 Å². The molecule has 0 radical (unpaired) electrons. The summed E-state index contributed by atoms with van der Waals surface area (Å²) in [6.07, 6.45) is 0.592. The minimum atomic E-state index is -0.861. The minimum absolute atomic E-state index is 0.0569. The van der Waals surface area contributed by atoms with Gasteiger partial charge in [0, 0.05) is 6.20 Å². The molecule has 66 valence electrons. The number of hydrogen-bond acceptors (Lipinski definition) is 4. The third-order valence-electron chi connectivity index (χ3n) is 1.47. The highest BCUT2D eigenvalue weighted by molar-refractivity contribution is 5.69. The summed E-state index contributed by atoms with van der Waals surface area (Å²) in [7, 11) is 1.28. The molecule has 0 saturated carbocycles. The first-order chi connectivity index (χ1) is 5.74. The number of methoxy groups -OCH3 is 1. The smallest absolute Gasteiger partial charge is 0.308 e. The molecule has 2 N–H and O–H groups in total. The van der Waals surface area contributed by atoms with Crippen LogP contribution in [0.4, 0.5) is 0 Å². The number of ether oxygens (including phenoxy) is 1. The summed E-state index contributed by atoms with van der Waals surface area (Å²) in [5.41, 5.74) is 0.514. The van der Waals surface area contributed by atoms with E-state index in [2.05, 4.69) is 14.9 Å². The van der Waals surface area contributed by atoms with Crippen molar-refractivity contribution >= 4 is 5.97 Å². The lowest BCUT2D eigenvalue weighted by Gasteiger charge is -2.05. The second kappa shape index (κ2) is 3.87. The van der Waals surface area contributed by atoms with Gasteiger partial charge in [0.1, 0.15) is 6.10 Å². The third-order valence-corrected chi connectivity index (χ3v) is 1.47. The van der Waals surface area contributed by atoms with E-state index < -0.39 is 12.1 Å². The van der Waals surface area contributed by atoms with Crippen LogP contribution >= 0.6 is 0 Å². The maximum Gasteiger partial charge on any atom is 0.308 e. The number of rotatable bonds is 3. The van der Waals surface area contributed by atoms with Crippen LogP contribution < -0.4 is 0 Å². The quantitative estimate of drug-likeness (QED) is 0.626. The van der Waals surface area contributed by atoms with Gasteiger partial charge in [-0.05, 0) is 6.07 Å².